The summed E-state index contributed by atoms with van der Waals surface area (Å²) in [5.41, 5.74) is 2.25. The number of phenols is 1. The number of hydrogen-bond donors (Lipinski definition) is 1. The monoisotopic (exact) mass is 402 g/mol. The fourth-order valence-corrected chi connectivity index (χ4v) is 4.03. The highest BCUT2D eigenvalue weighted by molar-refractivity contribution is 5.95. The average molecular weight is 402 g/mol. The molecule has 2 aliphatic heterocycles. The SMILES string of the molecule is CC(C)=C[C@H]1Oc2ccccc2-c2oc3c4c(cc(O)c3c(=O)c21)OC(C)(C)C=C4. The van der Waals surface area contributed by atoms with Crippen LogP contribution in [-0.2, 0) is 0 Å². The first-order chi connectivity index (χ1) is 14.2. The number of hydrogen-bond acceptors (Lipinski definition) is 5. The fourth-order valence-electron chi connectivity index (χ4n) is 4.03. The molecule has 1 atom stereocenters. The van der Waals surface area contributed by atoms with Gasteiger partial charge in [-0.05, 0) is 58.1 Å². The lowest BCUT2D eigenvalue weighted by Crippen LogP contribution is -2.28. The van der Waals surface area contributed by atoms with Crippen molar-refractivity contribution in [1.82, 2.24) is 0 Å². The molecule has 5 heteroatoms. The highest BCUT2D eigenvalue weighted by atomic mass is 16.5. The minimum Gasteiger partial charge on any atom is -0.507 e. The van der Waals surface area contributed by atoms with Crippen LogP contribution in [-0.4, -0.2) is 10.7 Å². The number of benzene rings is 2. The number of phenolic OH excluding ortho intramolecular Hbond substituents is 1. The van der Waals surface area contributed by atoms with Crippen LogP contribution in [0.2, 0.25) is 0 Å². The Balaban J connectivity index is 1.90. The van der Waals surface area contributed by atoms with Gasteiger partial charge in [0.15, 0.2) is 5.58 Å². The van der Waals surface area contributed by atoms with Crippen molar-refractivity contribution in [2.45, 2.75) is 39.4 Å². The Hall–Kier alpha value is -3.47. The summed E-state index contributed by atoms with van der Waals surface area (Å²) in [4.78, 5) is 13.6. The Kier molecular flexibility index (Phi) is 3.87. The molecule has 5 nitrogen and oxygen atoms in total. The first-order valence-corrected chi connectivity index (χ1v) is 9.91. The molecule has 0 saturated heterocycles. The average Bonchev–Trinajstić information content (AvgIpc) is 2.66. The maximum Gasteiger partial charge on any atom is 0.204 e. The molecule has 0 fully saturated rings. The quantitative estimate of drug-likeness (QED) is 0.525. The molecule has 1 N–H and O–H groups in total. The molecular formula is C25H22O5. The molecule has 30 heavy (non-hydrogen) atoms. The van der Waals surface area contributed by atoms with Crippen LogP contribution in [0.1, 0.15) is 44.9 Å². The molecule has 0 aliphatic carbocycles. The fraction of sp³-hybridized carbons (Fsp3) is 0.240. The normalized spacial score (nSPS) is 17.9. The van der Waals surface area contributed by atoms with Crippen LogP contribution >= 0.6 is 0 Å². The van der Waals surface area contributed by atoms with Crippen molar-refractivity contribution in [3.05, 3.63) is 69.4 Å². The van der Waals surface area contributed by atoms with Crippen molar-refractivity contribution in [2.75, 3.05) is 0 Å². The Labute approximate surface area is 173 Å². The summed E-state index contributed by atoms with van der Waals surface area (Å²) in [6.07, 6.45) is 5.09. The minimum absolute atomic E-state index is 0.135. The highest BCUT2D eigenvalue weighted by Gasteiger charge is 2.33. The molecule has 0 bridgehead atoms. The Morgan fingerprint density at radius 2 is 1.93 bits per heavy atom. The number of fused-ring (bicyclic) bond motifs is 6. The summed E-state index contributed by atoms with van der Waals surface area (Å²) < 4.78 is 18.5. The molecule has 3 heterocycles. The lowest BCUT2D eigenvalue weighted by Gasteiger charge is -2.29. The van der Waals surface area contributed by atoms with E-state index in [4.69, 9.17) is 13.9 Å². The zero-order valence-electron chi connectivity index (χ0n) is 17.3. The van der Waals surface area contributed by atoms with E-state index in [9.17, 15) is 9.90 Å². The lowest BCUT2D eigenvalue weighted by atomic mass is 9.94. The number of allylic oxidation sites excluding steroid dienone is 1. The predicted octanol–water partition coefficient (Wildman–Crippen LogP) is 5.75. The summed E-state index contributed by atoms with van der Waals surface area (Å²) in [7, 11) is 0. The van der Waals surface area contributed by atoms with Gasteiger partial charge in [-0.3, -0.25) is 4.79 Å². The zero-order chi connectivity index (χ0) is 21.2. The Morgan fingerprint density at radius 3 is 2.70 bits per heavy atom. The van der Waals surface area contributed by atoms with Gasteiger partial charge in [-0.15, -0.1) is 0 Å². The van der Waals surface area contributed by atoms with Crippen LogP contribution in [0.5, 0.6) is 17.2 Å². The molecular weight excluding hydrogens is 380 g/mol. The number of ether oxygens (including phenoxy) is 2. The topological polar surface area (TPSA) is 68.9 Å². The van der Waals surface area contributed by atoms with Crippen molar-refractivity contribution >= 4 is 17.0 Å². The summed E-state index contributed by atoms with van der Waals surface area (Å²) >= 11 is 0. The number of aromatic hydroxyl groups is 1. The first-order valence-electron chi connectivity index (χ1n) is 9.91. The Morgan fingerprint density at radius 1 is 1.17 bits per heavy atom. The van der Waals surface area contributed by atoms with Crippen molar-refractivity contribution in [3.63, 3.8) is 0 Å². The van der Waals surface area contributed by atoms with E-state index in [-0.39, 0.29) is 16.6 Å². The third-order valence-corrected chi connectivity index (χ3v) is 5.36. The van der Waals surface area contributed by atoms with Gasteiger partial charge in [0, 0.05) is 6.07 Å². The molecule has 3 aromatic rings. The molecule has 1 aromatic heterocycles. The largest absolute Gasteiger partial charge is 0.507 e. The van der Waals surface area contributed by atoms with Crippen LogP contribution in [0, 0.1) is 0 Å². The maximum absolute atomic E-state index is 13.6. The molecule has 5 rings (SSSR count). The van der Waals surface area contributed by atoms with E-state index in [1.807, 2.05) is 70.2 Å². The highest BCUT2D eigenvalue weighted by Crippen LogP contribution is 2.46. The van der Waals surface area contributed by atoms with Gasteiger partial charge in [-0.25, -0.2) is 0 Å². The van der Waals surface area contributed by atoms with Gasteiger partial charge in [0.2, 0.25) is 5.43 Å². The van der Waals surface area contributed by atoms with Crippen LogP contribution in [0.25, 0.3) is 28.4 Å². The standard InChI is InChI=1S/C25H22O5/c1-13(2)11-19-21-22(27)20-16(26)12-18-15(9-10-25(3,4)30-18)23(20)29-24(21)14-7-5-6-8-17(14)28-19/h5-12,19,26H,1-4H3/t19-/m1/s1. The van der Waals surface area contributed by atoms with E-state index in [2.05, 4.69) is 0 Å². The summed E-state index contributed by atoms with van der Waals surface area (Å²) in [5, 5.41) is 10.9. The van der Waals surface area contributed by atoms with E-state index in [0.717, 1.165) is 5.57 Å². The van der Waals surface area contributed by atoms with Gasteiger partial charge in [0.25, 0.3) is 0 Å². The molecule has 0 amide bonds. The van der Waals surface area contributed by atoms with Gasteiger partial charge < -0.3 is 19.0 Å². The van der Waals surface area contributed by atoms with Crippen molar-refractivity contribution in [2.24, 2.45) is 0 Å². The van der Waals surface area contributed by atoms with Crippen LogP contribution < -0.4 is 14.9 Å². The molecule has 2 aliphatic rings. The van der Waals surface area contributed by atoms with E-state index in [1.54, 1.807) is 0 Å². The zero-order valence-corrected chi connectivity index (χ0v) is 17.3. The van der Waals surface area contributed by atoms with E-state index in [0.29, 0.717) is 39.5 Å². The van der Waals surface area contributed by atoms with E-state index in [1.165, 1.54) is 6.07 Å². The molecule has 152 valence electrons. The van der Waals surface area contributed by atoms with Gasteiger partial charge in [-0.2, -0.15) is 0 Å². The van der Waals surface area contributed by atoms with Crippen LogP contribution in [0.4, 0.5) is 0 Å². The van der Waals surface area contributed by atoms with Gasteiger partial charge in [-0.1, -0.05) is 17.7 Å². The molecule has 0 spiro atoms. The van der Waals surface area contributed by atoms with Crippen molar-refractivity contribution in [3.8, 4) is 28.6 Å². The second-order valence-corrected chi connectivity index (χ2v) is 8.50. The number of rotatable bonds is 1. The van der Waals surface area contributed by atoms with E-state index >= 15 is 0 Å². The van der Waals surface area contributed by atoms with Crippen LogP contribution in [0.3, 0.4) is 0 Å². The number of para-hydroxylation sites is 1. The third-order valence-electron chi connectivity index (χ3n) is 5.36. The smallest absolute Gasteiger partial charge is 0.204 e. The summed E-state index contributed by atoms with van der Waals surface area (Å²) in [6, 6.07) is 8.97. The van der Waals surface area contributed by atoms with Gasteiger partial charge in [0.05, 0.1) is 16.7 Å². The molecule has 0 radical (unpaired) electrons. The summed E-state index contributed by atoms with van der Waals surface area (Å²) in [6.45, 7) is 7.75. The van der Waals surface area contributed by atoms with Gasteiger partial charge >= 0.3 is 0 Å². The first kappa shape index (κ1) is 18.6. The third kappa shape index (κ3) is 2.73. The molecule has 0 unspecified atom stereocenters. The van der Waals surface area contributed by atoms with Gasteiger partial charge in [0.1, 0.15) is 40.1 Å². The Bertz CT molecular complexity index is 1320. The molecule has 2 aromatic carbocycles. The van der Waals surface area contributed by atoms with Crippen molar-refractivity contribution < 1.29 is 19.0 Å². The summed E-state index contributed by atoms with van der Waals surface area (Å²) in [5.74, 6) is 1.43. The second kappa shape index (κ2) is 6.26. The predicted molar refractivity (Wildman–Crippen MR) is 116 cm³/mol. The molecule has 0 saturated carbocycles. The van der Waals surface area contributed by atoms with Crippen molar-refractivity contribution in [1.29, 1.82) is 0 Å². The lowest BCUT2D eigenvalue weighted by molar-refractivity contribution is 0.158. The second-order valence-electron chi connectivity index (χ2n) is 8.50. The van der Waals surface area contributed by atoms with Crippen LogP contribution in [0.15, 0.2) is 57.3 Å². The minimum atomic E-state index is -0.596. The van der Waals surface area contributed by atoms with E-state index < -0.39 is 11.7 Å². The maximum atomic E-state index is 13.6.